The monoisotopic (exact) mass is 351 g/mol. The summed E-state index contributed by atoms with van der Waals surface area (Å²) in [6.45, 7) is 2.11. The third kappa shape index (κ3) is 3.63. The molecule has 0 aliphatic carbocycles. The molecule has 0 spiro atoms. The van der Waals surface area contributed by atoms with Gasteiger partial charge in [0.25, 0.3) is 0 Å². The predicted molar refractivity (Wildman–Crippen MR) is 95.6 cm³/mol. The minimum atomic E-state index is 0. The standard InChI is InChI=1S/C16H17N5.2ClH/c1-2-13(10-18-7-1)14-3-4-15-19-16(20-21(15)11-14)12-5-8-17-9-6-12;;/h1-4,7,10-12,17H,5-6,8-9H2;2*1H. The van der Waals surface area contributed by atoms with Crippen molar-refractivity contribution in [2.75, 3.05) is 13.1 Å². The fourth-order valence-electron chi connectivity index (χ4n) is 2.86. The molecule has 0 radical (unpaired) electrons. The van der Waals surface area contributed by atoms with Crippen molar-refractivity contribution in [2.24, 2.45) is 0 Å². The molecule has 0 saturated carbocycles. The third-order valence-electron chi connectivity index (χ3n) is 4.05. The van der Waals surface area contributed by atoms with Gasteiger partial charge in [-0.05, 0) is 44.1 Å². The number of pyridine rings is 2. The lowest BCUT2D eigenvalue weighted by Gasteiger charge is -2.19. The second kappa shape index (κ2) is 7.73. The van der Waals surface area contributed by atoms with Gasteiger partial charge in [-0.1, -0.05) is 6.07 Å². The summed E-state index contributed by atoms with van der Waals surface area (Å²) in [5.41, 5.74) is 3.12. The zero-order valence-corrected chi connectivity index (χ0v) is 14.2. The maximum absolute atomic E-state index is 4.68. The van der Waals surface area contributed by atoms with Crippen molar-refractivity contribution in [3.63, 3.8) is 0 Å². The molecule has 0 amide bonds. The van der Waals surface area contributed by atoms with Gasteiger partial charge in [-0.2, -0.15) is 5.10 Å². The lowest BCUT2D eigenvalue weighted by molar-refractivity contribution is 0.445. The number of fused-ring (bicyclic) bond motifs is 1. The van der Waals surface area contributed by atoms with E-state index in [0.29, 0.717) is 5.92 Å². The Balaban J connectivity index is 0.000000960. The Morgan fingerprint density at radius 3 is 2.61 bits per heavy atom. The molecule has 4 heterocycles. The number of halogens is 2. The molecule has 1 saturated heterocycles. The van der Waals surface area contributed by atoms with Crippen LogP contribution >= 0.6 is 24.8 Å². The SMILES string of the molecule is Cl.Cl.c1cncc(-c2ccc3nc(C4CCNCC4)nn3c2)c1. The Morgan fingerprint density at radius 2 is 1.87 bits per heavy atom. The topological polar surface area (TPSA) is 55.1 Å². The van der Waals surface area contributed by atoms with Gasteiger partial charge in [0.2, 0.25) is 0 Å². The van der Waals surface area contributed by atoms with Crippen LogP contribution in [0.3, 0.4) is 0 Å². The molecule has 0 aromatic carbocycles. The van der Waals surface area contributed by atoms with E-state index < -0.39 is 0 Å². The van der Waals surface area contributed by atoms with Gasteiger partial charge in [0.15, 0.2) is 11.5 Å². The first-order valence-electron chi connectivity index (χ1n) is 7.37. The highest BCUT2D eigenvalue weighted by Gasteiger charge is 2.19. The molecule has 23 heavy (non-hydrogen) atoms. The summed E-state index contributed by atoms with van der Waals surface area (Å²) in [4.78, 5) is 8.85. The van der Waals surface area contributed by atoms with E-state index in [9.17, 15) is 0 Å². The Morgan fingerprint density at radius 1 is 1.04 bits per heavy atom. The van der Waals surface area contributed by atoms with Crippen LogP contribution in [0.25, 0.3) is 16.8 Å². The van der Waals surface area contributed by atoms with Gasteiger partial charge in [-0.15, -0.1) is 24.8 Å². The van der Waals surface area contributed by atoms with Crippen molar-refractivity contribution in [2.45, 2.75) is 18.8 Å². The summed E-state index contributed by atoms with van der Waals surface area (Å²) in [5.74, 6) is 1.45. The van der Waals surface area contributed by atoms with Crippen molar-refractivity contribution in [1.29, 1.82) is 0 Å². The molecule has 1 aliphatic rings. The first-order chi connectivity index (χ1) is 10.4. The summed E-state index contributed by atoms with van der Waals surface area (Å²) in [5, 5.41) is 8.06. The van der Waals surface area contributed by atoms with Gasteiger partial charge >= 0.3 is 0 Å². The van der Waals surface area contributed by atoms with Gasteiger partial charge in [0, 0.05) is 35.6 Å². The molecular formula is C16H19Cl2N5. The van der Waals surface area contributed by atoms with Crippen LogP contribution in [0.4, 0.5) is 0 Å². The maximum atomic E-state index is 4.68. The van der Waals surface area contributed by atoms with Crippen LogP contribution in [0.15, 0.2) is 42.9 Å². The average molecular weight is 352 g/mol. The Kier molecular flexibility index (Phi) is 5.93. The maximum Gasteiger partial charge on any atom is 0.155 e. The molecule has 3 aromatic heterocycles. The molecule has 1 aliphatic heterocycles. The second-order valence-corrected chi connectivity index (χ2v) is 5.46. The number of aromatic nitrogens is 4. The lowest BCUT2D eigenvalue weighted by atomic mass is 9.98. The van der Waals surface area contributed by atoms with E-state index in [-0.39, 0.29) is 24.8 Å². The second-order valence-electron chi connectivity index (χ2n) is 5.46. The zero-order valence-electron chi connectivity index (χ0n) is 12.6. The Labute approximate surface area is 147 Å². The first kappa shape index (κ1) is 17.7. The quantitative estimate of drug-likeness (QED) is 0.770. The summed E-state index contributed by atoms with van der Waals surface area (Å²) in [6.07, 6.45) is 7.92. The van der Waals surface area contributed by atoms with Crippen LogP contribution in [-0.2, 0) is 0 Å². The molecule has 5 nitrogen and oxygen atoms in total. The number of nitrogens with one attached hydrogen (secondary N) is 1. The van der Waals surface area contributed by atoms with Crippen molar-refractivity contribution < 1.29 is 0 Å². The van der Waals surface area contributed by atoms with Crippen molar-refractivity contribution in [1.82, 2.24) is 24.9 Å². The Bertz CT molecular complexity index is 754. The highest BCUT2D eigenvalue weighted by atomic mass is 35.5. The highest BCUT2D eigenvalue weighted by Crippen LogP contribution is 2.24. The number of nitrogens with zero attached hydrogens (tertiary/aromatic N) is 4. The molecule has 0 bridgehead atoms. The smallest absolute Gasteiger partial charge is 0.155 e. The number of hydrogen-bond acceptors (Lipinski definition) is 4. The van der Waals surface area contributed by atoms with E-state index in [1.54, 1.807) is 6.20 Å². The summed E-state index contributed by atoms with van der Waals surface area (Å²) in [7, 11) is 0. The summed E-state index contributed by atoms with van der Waals surface area (Å²) >= 11 is 0. The minimum absolute atomic E-state index is 0. The minimum Gasteiger partial charge on any atom is -0.317 e. The van der Waals surface area contributed by atoms with Gasteiger partial charge in [0.1, 0.15) is 0 Å². The molecule has 7 heteroatoms. The molecule has 0 atom stereocenters. The van der Waals surface area contributed by atoms with Gasteiger partial charge in [0.05, 0.1) is 0 Å². The average Bonchev–Trinajstić information content (AvgIpc) is 2.99. The Hall–Kier alpha value is -1.69. The van der Waals surface area contributed by atoms with Crippen molar-refractivity contribution in [3.05, 3.63) is 48.7 Å². The molecule has 122 valence electrons. The van der Waals surface area contributed by atoms with E-state index in [0.717, 1.165) is 48.5 Å². The summed E-state index contributed by atoms with van der Waals surface area (Å²) < 4.78 is 1.89. The molecular weight excluding hydrogens is 333 g/mol. The number of piperidine rings is 1. The zero-order chi connectivity index (χ0) is 14.1. The predicted octanol–water partition coefficient (Wildman–Crippen LogP) is 3.10. The van der Waals surface area contributed by atoms with Crippen molar-refractivity contribution >= 4 is 30.5 Å². The van der Waals surface area contributed by atoms with Crippen LogP contribution < -0.4 is 5.32 Å². The van der Waals surface area contributed by atoms with Gasteiger partial charge in [-0.3, -0.25) is 4.98 Å². The van der Waals surface area contributed by atoms with E-state index in [1.807, 2.05) is 29.0 Å². The van der Waals surface area contributed by atoms with Gasteiger partial charge in [-0.25, -0.2) is 9.50 Å². The van der Waals surface area contributed by atoms with Crippen LogP contribution in [0.1, 0.15) is 24.6 Å². The first-order valence-corrected chi connectivity index (χ1v) is 7.37. The van der Waals surface area contributed by atoms with E-state index in [2.05, 4.69) is 32.5 Å². The molecule has 3 aromatic rings. The molecule has 1 N–H and O–H groups in total. The van der Waals surface area contributed by atoms with E-state index in [4.69, 9.17) is 0 Å². The molecule has 4 rings (SSSR count). The number of hydrogen-bond donors (Lipinski definition) is 1. The van der Waals surface area contributed by atoms with Crippen LogP contribution in [0, 0.1) is 0 Å². The van der Waals surface area contributed by atoms with E-state index in [1.165, 1.54) is 0 Å². The molecule has 0 unspecified atom stereocenters. The van der Waals surface area contributed by atoms with Crippen LogP contribution in [0.5, 0.6) is 0 Å². The third-order valence-corrected chi connectivity index (χ3v) is 4.05. The lowest BCUT2D eigenvalue weighted by Crippen LogP contribution is -2.27. The van der Waals surface area contributed by atoms with Crippen LogP contribution in [-0.4, -0.2) is 32.7 Å². The van der Waals surface area contributed by atoms with Crippen molar-refractivity contribution in [3.8, 4) is 11.1 Å². The van der Waals surface area contributed by atoms with Crippen LogP contribution in [0.2, 0.25) is 0 Å². The fraction of sp³-hybridized carbons (Fsp3) is 0.312. The largest absolute Gasteiger partial charge is 0.317 e. The number of rotatable bonds is 2. The normalized spacial score (nSPS) is 15.0. The highest BCUT2D eigenvalue weighted by molar-refractivity contribution is 5.85. The fourth-order valence-corrected chi connectivity index (χ4v) is 2.86. The molecule has 1 fully saturated rings. The summed E-state index contributed by atoms with van der Waals surface area (Å²) in [6, 6.07) is 8.10. The van der Waals surface area contributed by atoms with Gasteiger partial charge < -0.3 is 5.32 Å². The van der Waals surface area contributed by atoms with E-state index >= 15 is 0 Å².